The zero-order valence-corrected chi connectivity index (χ0v) is 18.3. The number of anilines is 1. The Balaban J connectivity index is 1.38. The van der Waals surface area contributed by atoms with E-state index in [0.29, 0.717) is 44.3 Å². The van der Waals surface area contributed by atoms with Gasteiger partial charge < -0.3 is 25.6 Å². The number of carbonyl (C=O) groups excluding carboxylic acids is 4. The summed E-state index contributed by atoms with van der Waals surface area (Å²) >= 11 is 0. The molecule has 3 fully saturated rings. The number of likely N-dealkylation sites (tertiary alicyclic amines) is 1. The summed E-state index contributed by atoms with van der Waals surface area (Å²) in [4.78, 5) is 53.0. The molecule has 4 amide bonds. The number of nitrogens with two attached hydrogens (primary N) is 1. The summed E-state index contributed by atoms with van der Waals surface area (Å²) in [6.07, 6.45) is 4.53. The molecule has 0 spiro atoms. The predicted octanol–water partition coefficient (Wildman–Crippen LogP) is 0.957. The van der Waals surface area contributed by atoms with Crippen LogP contribution < -0.4 is 16.0 Å². The second-order valence-corrected chi connectivity index (χ2v) is 8.86. The average molecular weight is 443 g/mol. The summed E-state index contributed by atoms with van der Waals surface area (Å²) in [5.41, 5.74) is 6.03. The highest BCUT2D eigenvalue weighted by atomic mass is 16.5. The van der Waals surface area contributed by atoms with E-state index in [2.05, 4.69) is 5.32 Å². The molecule has 0 bridgehead atoms. The van der Waals surface area contributed by atoms with Crippen molar-refractivity contribution in [3.8, 4) is 0 Å². The maximum atomic E-state index is 12.8. The van der Waals surface area contributed by atoms with Crippen LogP contribution in [0.1, 0.15) is 55.3 Å². The van der Waals surface area contributed by atoms with Crippen LogP contribution in [0.4, 0.5) is 5.69 Å². The van der Waals surface area contributed by atoms with Crippen molar-refractivity contribution in [2.24, 2.45) is 5.73 Å². The first-order valence-corrected chi connectivity index (χ1v) is 11.2. The number of rotatable bonds is 6. The summed E-state index contributed by atoms with van der Waals surface area (Å²) in [7, 11) is 1.50. The molecule has 1 aliphatic carbocycles. The number of carbonyl (C=O) groups is 4. The minimum absolute atomic E-state index is 0.105. The zero-order chi connectivity index (χ0) is 22.9. The molecule has 9 nitrogen and oxygen atoms in total. The lowest BCUT2D eigenvalue weighted by Gasteiger charge is -2.39. The van der Waals surface area contributed by atoms with Gasteiger partial charge in [-0.05, 0) is 62.8 Å². The molecule has 2 saturated heterocycles. The van der Waals surface area contributed by atoms with Gasteiger partial charge in [-0.15, -0.1) is 0 Å². The quantitative estimate of drug-likeness (QED) is 0.679. The molecule has 2 aliphatic heterocycles. The van der Waals surface area contributed by atoms with Crippen molar-refractivity contribution in [2.75, 3.05) is 25.1 Å². The van der Waals surface area contributed by atoms with E-state index in [1.165, 1.54) is 12.0 Å². The maximum absolute atomic E-state index is 12.8. The Kier molecular flexibility index (Phi) is 6.19. The summed E-state index contributed by atoms with van der Waals surface area (Å²) in [6, 6.07) is 5.92. The van der Waals surface area contributed by atoms with E-state index in [4.69, 9.17) is 10.5 Å². The number of nitrogens with one attached hydrogen (secondary N) is 1. The van der Waals surface area contributed by atoms with Crippen LogP contribution in [0.25, 0.3) is 0 Å². The first-order valence-electron chi connectivity index (χ1n) is 11.2. The molecule has 2 atom stereocenters. The summed E-state index contributed by atoms with van der Waals surface area (Å²) in [5, 5.41) is 2.96. The van der Waals surface area contributed by atoms with Gasteiger partial charge in [0, 0.05) is 43.9 Å². The molecule has 9 heteroatoms. The van der Waals surface area contributed by atoms with Crippen LogP contribution in [0.3, 0.4) is 0 Å². The molecular formula is C23H30N4O5. The minimum atomic E-state index is -0.818. The van der Waals surface area contributed by atoms with E-state index in [1.807, 2.05) is 0 Å². The zero-order valence-electron chi connectivity index (χ0n) is 18.3. The standard InChI is InChI=1S/C23H30N4O5/c1-32-23(10-11-23)22(31)27-13-9-16(14-18(27)20(24)29)25-21(30)15-5-7-17(8-6-15)26-12-3-2-4-19(26)28/h5-8,16,18H,2-4,9-14H2,1H3,(H2,24,29)(H,25,30). The molecule has 3 N–H and O–H groups in total. The van der Waals surface area contributed by atoms with Crippen molar-refractivity contribution in [3.05, 3.63) is 29.8 Å². The molecule has 1 saturated carbocycles. The summed E-state index contributed by atoms with van der Waals surface area (Å²) in [5.74, 6) is -0.935. The third-order valence-electron chi connectivity index (χ3n) is 6.78. The lowest BCUT2D eigenvalue weighted by Crippen LogP contribution is -2.59. The number of methoxy groups -OCH3 is 1. The average Bonchev–Trinajstić information content (AvgIpc) is 3.60. The van der Waals surface area contributed by atoms with Crippen LogP contribution in [-0.2, 0) is 19.1 Å². The van der Waals surface area contributed by atoms with Gasteiger partial charge in [0.05, 0.1) is 0 Å². The highest BCUT2D eigenvalue weighted by Gasteiger charge is 2.54. The lowest BCUT2D eigenvalue weighted by molar-refractivity contribution is -0.152. The summed E-state index contributed by atoms with van der Waals surface area (Å²) < 4.78 is 5.36. The van der Waals surface area contributed by atoms with E-state index in [9.17, 15) is 19.2 Å². The molecule has 4 rings (SSSR count). The van der Waals surface area contributed by atoms with Gasteiger partial charge in [0.2, 0.25) is 11.8 Å². The first kappa shape index (κ1) is 22.3. The third-order valence-corrected chi connectivity index (χ3v) is 6.78. The van der Waals surface area contributed by atoms with Crippen LogP contribution in [0.5, 0.6) is 0 Å². The number of amides is 4. The molecule has 2 unspecified atom stereocenters. The highest BCUT2D eigenvalue weighted by molar-refractivity contribution is 5.97. The van der Waals surface area contributed by atoms with E-state index < -0.39 is 17.6 Å². The van der Waals surface area contributed by atoms with Gasteiger partial charge in [0.1, 0.15) is 11.6 Å². The largest absolute Gasteiger partial charge is 0.368 e. The van der Waals surface area contributed by atoms with Crippen molar-refractivity contribution in [1.29, 1.82) is 0 Å². The fourth-order valence-corrected chi connectivity index (χ4v) is 4.63. The minimum Gasteiger partial charge on any atom is -0.368 e. The SMILES string of the molecule is COC1(C(=O)N2CCC(NC(=O)c3ccc(N4CCCCC4=O)cc3)CC2C(N)=O)CC1. The monoisotopic (exact) mass is 442 g/mol. The molecule has 1 aromatic carbocycles. The fraction of sp³-hybridized carbons (Fsp3) is 0.565. The number of hydrogen-bond donors (Lipinski definition) is 2. The first-order chi connectivity index (χ1) is 15.3. The van der Waals surface area contributed by atoms with Gasteiger partial charge in [-0.1, -0.05) is 0 Å². The predicted molar refractivity (Wildman–Crippen MR) is 117 cm³/mol. The van der Waals surface area contributed by atoms with Crippen LogP contribution in [0, 0.1) is 0 Å². The molecule has 2 heterocycles. The van der Waals surface area contributed by atoms with Gasteiger partial charge in [0.25, 0.3) is 11.8 Å². The highest BCUT2D eigenvalue weighted by Crippen LogP contribution is 2.41. The van der Waals surface area contributed by atoms with Crippen LogP contribution in [0.15, 0.2) is 24.3 Å². The van der Waals surface area contributed by atoms with Crippen molar-refractivity contribution in [1.82, 2.24) is 10.2 Å². The maximum Gasteiger partial charge on any atom is 0.255 e. The number of primary amides is 1. The fourth-order valence-electron chi connectivity index (χ4n) is 4.63. The number of benzene rings is 1. The van der Waals surface area contributed by atoms with Gasteiger partial charge in [-0.3, -0.25) is 19.2 Å². The number of piperidine rings is 2. The molecule has 32 heavy (non-hydrogen) atoms. The number of hydrogen-bond acceptors (Lipinski definition) is 5. The normalized spacial score (nSPS) is 24.7. The summed E-state index contributed by atoms with van der Waals surface area (Å²) in [6.45, 7) is 1.03. The van der Waals surface area contributed by atoms with E-state index in [1.54, 1.807) is 29.2 Å². The third kappa shape index (κ3) is 4.34. The second kappa shape index (κ2) is 8.90. The van der Waals surface area contributed by atoms with Crippen molar-refractivity contribution in [3.63, 3.8) is 0 Å². The smallest absolute Gasteiger partial charge is 0.255 e. The van der Waals surface area contributed by atoms with Crippen molar-refractivity contribution < 1.29 is 23.9 Å². The van der Waals surface area contributed by atoms with E-state index >= 15 is 0 Å². The Morgan fingerprint density at radius 1 is 1.12 bits per heavy atom. The molecule has 1 aromatic rings. The molecule has 0 aromatic heterocycles. The van der Waals surface area contributed by atoms with E-state index in [-0.39, 0.29) is 30.2 Å². The Bertz CT molecular complexity index is 911. The molecule has 3 aliphatic rings. The topological polar surface area (TPSA) is 122 Å². The van der Waals surface area contributed by atoms with Gasteiger partial charge in [-0.2, -0.15) is 0 Å². The van der Waals surface area contributed by atoms with Gasteiger partial charge in [0.15, 0.2) is 0 Å². The lowest BCUT2D eigenvalue weighted by atomic mass is 9.95. The van der Waals surface area contributed by atoms with Crippen LogP contribution in [-0.4, -0.2) is 66.4 Å². The van der Waals surface area contributed by atoms with E-state index in [0.717, 1.165) is 18.5 Å². The van der Waals surface area contributed by atoms with Crippen LogP contribution in [0.2, 0.25) is 0 Å². The molecule has 0 radical (unpaired) electrons. The van der Waals surface area contributed by atoms with Crippen molar-refractivity contribution >= 4 is 29.3 Å². The Hall–Kier alpha value is -2.94. The number of ether oxygens (including phenoxy) is 1. The van der Waals surface area contributed by atoms with Gasteiger partial charge in [-0.25, -0.2) is 0 Å². The molecule has 172 valence electrons. The Morgan fingerprint density at radius 2 is 1.84 bits per heavy atom. The number of nitrogens with zero attached hydrogens (tertiary/aromatic N) is 2. The molecular weight excluding hydrogens is 412 g/mol. The van der Waals surface area contributed by atoms with Crippen LogP contribution >= 0.6 is 0 Å². The Morgan fingerprint density at radius 3 is 2.44 bits per heavy atom. The Labute approximate surface area is 187 Å². The van der Waals surface area contributed by atoms with Crippen molar-refractivity contribution in [2.45, 2.75) is 62.6 Å². The second-order valence-electron chi connectivity index (χ2n) is 8.86. The van der Waals surface area contributed by atoms with Gasteiger partial charge >= 0.3 is 0 Å².